The van der Waals surface area contributed by atoms with Crippen LogP contribution < -0.4 is 0 Å². The molecule has 2 heterocycles. The van der Waals surface area contributed by atoms with Gasteiger partial charge in [0.2, 0.25) is 0 Å². The van der Waals surface area contributed by atoms with Crippen LogP contribution >= 0.6 is 0 Å². The fraction of sp³-hybridized carbons (Fsp3) is 0.526. The molecule has 2 aromatic rings. The smallest absolute Gasteiger partial charge is 0.0648 e. The van der Waals surface area contributed by atoms with E-state index in [9.17, 15) is 0 Å². The van der Waals surface area contributed by atoms with Crippen molar-refractivity contribution in [1.82, 2.24) is 14.7 Å². The van der Waals surface area contributed by atoms with E-state index in [4.69, 9.17) is 0 Å². The van der Waals surface area contributed by atoms with Crippen LogP contribution in [0.1, 0.15) is 37.2 Å². The van der Waals surface area contributed by atoms with Gasteiger partial charge in [-0.1, -0.05) is 26.0 Å². The minimum Gasteiger partial charge on any atom is -0.299 e. The van der Waals surface area contributed by atoms with E-state index >= 15 is 0 Å². The Bertz CT molecular complexity index is 617. The Hall–Kier alpha value is -1.61. The zero-order valence-corrected chi connectivity index (χ0v) is 14.2. The molecule has 2 atom stereocenters. The molecule has 3 heteroatoms. The van der Waals surface area contributed by atoms with Gasteiger partial charge in [0.25, 0.3) is 0 Å². The fourth-order valence-corrected chi connectivity index (χ4v) is 3.81. The van der Waals surface area contributed by atoms with Gasteiger partial charge in [-0.3, -0.25) is 4.90 Å². The van der Waals surface area contributed by atoms with Crippen LogP contribution in [-0.2, 0) is 6.54 Å². The topological polar surface area (TPSA) is 21.1 Å². The van der Waals surface area contributed by atoms with Crippen LogP contribution in [-0.4, -0.2) is 27.8 Å². The molecule has 0 aliphatic carbocycles. The van der Waals surface area contributed by atoms with Crippen molar-refractivity contribution in [3.63, 3.8) is 0 Å². The number of aryl methyl sites for hydroxylation is 2. The van der Waals surface area contributed by atoms with E-state index in [1.807, 2.05) is 11.6 Å². The van der Waals surface area contributed by atoms with Crippen LogP contribution in [0.4, 0.5) is 0 Å². The number of benzene rings is 1. The van der Waals surface area contributed by atoms with Gasteiger partial charge in [-0.05, 0) is 55.9 Å². The molecule has 3 nitrogen and oxygen atoms in total. The average Bonchev–Trinajstić information content (AvgIpc) is 2.77. The maximum atomic E-state index is 4.55. The van der Waals surface area contributed by atoms with Crippen molar-refractivity contribution in [3.05, 3.63) is 47.3 Å². The van der Waals surface area contributed by atoms with Crippen LogP contribution in [0, 0.1) is 25.7 Å². The van der Waals surface area contributed by atoms with E-state index < -0.39 is 0 Å². The molecule has 0 amide bonds. The van der Waals surface area contributed by atoms with Gasteiger partial charge in [0.05, 0.1) is 11.4 Å². The molecule has 0 radical (unpaired) electrons. The van der Waals surface area contributed by atoms with Gasteiger partial charge in [0.15, 0.2) is 0 Å². The molecule has 0 spiro atoms. The van der Waals surface area contributed by atoms with Gasteiger partial charge in [0, 0.05) is 25.3 Å². The van der Waals surface area contributed by atoms with Gasteiger partial charge < -0.3 is 0 Å². The van der Waals surface area contributed by atoms with Crippen LogP contribution in [0.25, 0.3) is 5.69 Å². The maximum Gasteiger partial charge on any atom is 0.0648 e. The molecule has 1 saturated heterocycles. The van der Waals surface area contributed by atoms with E-state index in [1.165, 1.54) is 30.8 Å². The Labute approximate surface area is 133 Å². The lowest BCUT2D eigenvalue weighted by atomic mass is 9.91. The summed E-state index contributed by atoms with van der Waals surface area (Å²) < 4.78 is 2.02. The first-order valence-corrected chi connectivity index (χ1v) is 8.36. The second-order valence-electron chi connectivity index (χ2n) is 7.15. The average molecular weight is 297 g/mol. The van der Waals surface area contributed by atoms with Crippen molar-refractivity contribution < 1.29 is 0 Å². The molecular formula is C19H27N3. The number of hydrogen-bond donors (Lipinski definition) is 0. The largest absolute Gasteiger partial charge is 0.299 e. The Kier molecular flexibility index (Phi) is 4.34. The van der Waals surface area contributed by atoms with Gasteiger partial charge in [-0.2, -0.15) is 5.10 Å². The van der Waals surface area contributed by atoms with Gasteiger partial charge in [0.1, 0.15) is 0 Å². The third-order valence-electron chi connectivity index (χ3n) is 4.54. The van der Waals surface area contributed by atoms with Crippen LogP contribution in [0.5, 0.6) is 0 Å². The lowest BCUT2D eigenvalue weighted by Gasteiger charge is -2.35. The Morgan fingerprint density at radius 2 is 1.68 bits per heavy atom. The normalized spacial score (nSPS) is 22.9. The second kappa shape index (κ2) is 6.25. The summed E-state index contributed by atoms with van der Waals surface area (Å²) >= 11 is 0. The molecule has 1 fully saturated rings. The van der Waals surface area contributed by atoms with Gasteiger partial charge >= 0.3 is 0 Å². The number of likely N-dealkylation sites (tertiary alicyclic amines) is 1. The monoisotopic (exact) mass is 297 g/mol. The van der Waals surface area contributed by atoms with E-state index in [0.717, 1.165) is 29.8 Å². The molecule has 0 saturated carbocycles. The Balaban J connectivity index is 1.70. The highest BCUT2D eigenvalue weighted by Gasteiger charge is 2.21. The Morgan fingerprint density at radius 3 is 2.23 bits per heavy atom. The lowest BCUT2D eigenvalue weighted by Crippen LogP contribution is -2.38. The van der Waals surface area contributed by atoms with Crippen molar-refractivity contribution >= 4 is 0 Å². The number of rotatable bonds is 3. The Morgan fingerprint density at radius 1 is 1.05 bits per heavy atom. The van der Waals surface area contributed by atoms with E-state index in [2.05, 4.69) is 61.1 Å². The van der Waals surface area contributed by atoms with Crippen LogP contribution in [0.2, 0.25) is 0 Å². The molecule has 1 aliphatic rings. The maximum absolute atomic E-state index is 4.55. The van der Waals surface area contributed by atoms with E-state index in [-0.39, 0.29) is 0 Å². The quantitative estimate of drug-likeness (QED) is 0.855. The van der Waals surface area contributed by atoms with Crippen molar-refractivity contribution in [1.29, 1.82) is 0 Å². The molecule has 0 unspecified atom stereocenters. The van der Waals surface area contributed by atoms with Crippen LogP contribution in [0.15, 0.2) is 30.3 Å². The number of piperidine rings is 1. The lowest BCUT2D eigenvalue weighted by molar-refractivity contribution is 0.134. The first kappa shape index (κ1) is 15.3. The zero-order valence-electron chi connectivity index (χ0n) is 14.2. The first-order valence-electron chi connectivity index (χ1n) is 8.36. The van der Waals surface area contributed by atoms with E-state index in [0.29, 0.717) is 0 Å². The van der Waals surface area contributed by atoms with Crippen molar-refractivity contribution in [2.45, 2.75) is 40.7 Å². The SMILES string of the molecule is Cc1cc(C)n(-c2ccc(CN3C[C@H](C)C[C@H](C)C3)cc2)n1. The molecule has 1 aromatic carbocycles. The number of hydrogen-bond acceptors (Lipinski definition) is 2. The van der Waals surface area contributed by atoms with Gasteiger partial charge in [-0.25, -0.2) is 4.68 Å². The standard InChI is InChI=1S/C19H27N3/c1-14-9-15(2)12-21(11-14)13-18-5-7-19(8-6-18)22-17(4)10-16(3)20-22/h5-8,10,14-15H,9,11-13H2,1-4H3/t14-,15+. The predicted molar refractivity (Wildman–Crippen MR) is 91.3 cm³/mol. The minimum atomic E-state index is 0.817. The van der Waals surface area contributed by atoms with Crippen molar-refractivity contribution in [3.8, 4) is 5.69 Å². The predicted octanol–water partition coefficient (Wildman–Crippen LogP) is 3.97. The molecule has 1 aromatic heterocycles. The van der Waals surface area contributed by atoms with Crippen molar-refractivity contribution in [2.24, 2.45) is 11.8 Å². The highest BCUT2D eigenvalue weighted by molar-refractivity contribution is 5.36. The molecule has 3 rings (SSSR count). The number of aromatic nitrogens is 2. The van der Waals surface area contributed by atoms with Crippen LogP contribution in [0.3, 0.4) is 0 Å². The summed E-state index contributed by atoms with van der Waals surface area (Å²) in [6.07, 6.45) is 1.37. The molecule has 118 valence electrons. The summed E-state index contributed by atoms with van der Waals surface area (Å²) in [6.45, 7) is 12.4. The third kappa shape index (κ3) is 3.41. The highest BCUT2D eigenvalue weighted by Crippen LogP contribution is 2.23. The highest BCUT2D eigenvalue weighted by atomic mass is 15.3. The number of nitrogens with zero attached hydrogens (tertiary/aromatic N) is 3. The fourth-order valence-electron chi connectivity index (χ4n) is 3.81. The van der Waals surface area contributed by atoms with E-state index in [1.54, 1.807) is 0 Å². The minimum absolute atomic E-state index is 0.817. The summed E-state index contributed by atoms with van der Waals surface area (Å²) in [5, 5.41) is 4.55. The third-order valence-corrected chi connectivity index (χ3v) is 4.54. The summed E-state index contributed by atoms with van der Waals surface area (Å²) in [7, 11) is 0. The summed E-state index contributed by atoms with van der Waals surface area (Å²) in [6, 6.07) is 11.0. The molecule has 0 bridgehead atoms. The van der Waals surface area contributed by atoms with Crippen molar-refractivity contribution in [2.75, 3.05) is 13.1 Å². The zero-order chi connectivity index (χ0) is 15.7. The molecular weight excluding hydrogens is 270 g/mol. The summed E-state index contributed by atoms with van der Waals surface area (Å²) in [5.74, 6) is 1.63. The summed E-state index contributed by atoms with van der Waals surface area (Å²) in [5.41, 5.74) is 4.79. The molecule has 0 N–H and O–H groups in total. The molecule has 1 aliphatic heterocycles. The molecule has 22 heavy (non-hydrogen) atoms. The second-order valence-corrected chi connectivity index (χ2v) is 7.15. The first-order chi connectivity index (χ1) is 10.5. The summed E-state index contributed by atoms with van der Waals surface area (Å²) in [4.78, 5) is 2.59. The van der Waals surface area contributed by atoms with Gasteiger partial charge in [-0.15, -0.1) is 0 Å².